The lowest BCUT2D eigenvalue weighted by Crippen LogP contribution is -2.40. The Balaban J connectivity index is 1.47. The second-order valence-corrected chi connectivity index (χ2v) is 6.92. The third-order valence-corrected chi connectivity index (χ3v) is 5.23. The Morgan fingerprint density at radius 3 is 2.79 bits per heavy atom. The van der Waals surface area contributed by atoms with Crippen LogP contribution in [0.4, 0.5) is 0 Å². The van der Waals surface area contributed by atoms with Crippen LogP contribution in [0.2, 0.25) is 5.02 Å². The number of halogens is 1. The molecule has 1 atom stereocenters. The molecule has 0 radical (unpaired) electrons. The summed E-state index contributed by atoms with van der Waals surface area (Å²) in [4.78, 5) is 29.0. The van der Waals surface area contributed by atoms with Crippen LogP contribution in [0.15, 0.2) is 24.3 Å². The molecular formula is C18H24ClN3O2. The lowest BCUT2D eigenvalue weighted by Gasteiger charge is -2.25. The summed E-state index contributed by atoms with van der Waals surface area (Å²) in [5.74, 6) is -0.102. The van der Waals surface area contributed by atoms with Gasteiger partial charge in [-0.25, -0.2) is 0 Å². The molecule has 5 nitrogen and oxygen atoms in total. The molecule has 3 rings (SSSR count). The van der Waals surface area contributed by atoms with Crippen molar-refractivity contribution in [2.24, 2.45) is 0 Å². The highest BCUT2D eigenvalue weighted by Crippen LogP contribution is 2.21. The van der Waals surface area contributed by atoms with E-state index >= 15 is 0 Å². The zero-order valence-electron chi connectivity index (χ0n) is 13.8. The molecule has 2 amide bonds. The monoisotopic (exact) mass is 349 g/mol. The quantitative estimate of drug-likeness (QED) is 0.906. The van der Waals surface area contributed by atoms with Gasteiger partial charge in [0.25, 0.3) is 5.91 Å². The highest BCUT2D eigenvalue weighted by molar-refractivity contribution is 6.33. The summed E-state index contributed by atoms with van der Waals surface area (Å²) in [6.45, 7) is 4.26. The van der Waals surface area contributed by atoms with Crippen molar-refractivity contribution in [1.29, 1.82) is 0 Å². The minimum Gasteiger partial charge on any atom is -0.351 e. The summed E-state index contributed by atoms with van der Waals surface area (Å²) in [7, 11) is 0. The normalized spacial score (nSPS) is 21.2. The molecule has 6 heteroatoms. The van der Waals surface area contributed by atoms with Gasteiger partial charge in [0.05, 0.1) is 10.6 Å². The number of nitrogens with zero attached hydrogens (tertiary/aromatic N) is 2. The van der Waals surface area contributed by atoms with Crippen LogP contribution in [-0.4, -0.2) is 60.4 Å². The van der Waals surface area contributed by atoms with E-state index in [0.717, 1.165) is 26.1 Å². The Labute approximate surface area is 147 Å². The first-order chi connectivity index (χ1) is 11.6. The van der Waals surface area contributed by atoms with Gasteiger partial charge in [0.2, 0.25) is 5.91 Å². The molecule has 2 aliphatic heterocycles. The van der Waals surface area contributed by atoms with Crippen molar-refractivity contribution in [3.05, 3.63) is 34.9 Å². The van der Waals surface area contributed by atoms with E-state index in [1.807, 2.05) is 4.90 Å². The van der Waals surface area contributed by atoms with E-state index in [4.69, 9.17) is 11.6 Å². The number of fused-ring (bicyclic) bond motifs is 1. The highest BCUT2D eigenvalue weighted by atomic mass is 35.5. The summed E-state index contributed by atoms with van der Waals surface area (Å²) < 4.78 is 0. The van der Waals surface area contributed by atoms with E-state index in [-0.39, 0.29) is 11.8 Å². The fourth-order valence-electron chi connectivity index (χ4n) is 3.61. The lowest BCUT2D eigenvalue weighted by molar-refractivity contribution is -0.131. The van der Waals surface area contributed by atoms with Gasteiger partial charge in [0.15, 0.2) is 0 Å². The molecule has 0 saturated carbocycles. The Bertz CT molecular complexity index is 608. The molecule has 0 bridgehead atoms. The highest BCUT2D eigenvalue weighted by Gasteiger charge is 2.30. The van der Waals surface area contributed by atoms with Crippen LogP contribution in [0.1, 0.15) is 36.0 Å². The molecule has 2 saturated heterocycles. The molecular weight excluding hydrogens is 326 g/mol. The number of hydrogen-bond acceptors (Lipinski definition) is 3. The van der Waals surface area contributed by atoms with E-state index < -0.39 is 0 Å². The summed E-state index contributed by atoms with van der Waals surface area (Å²) in [6.07, 6.45) is 3.80. The summed E-state index contributed by atoms with van der Waals surface area (Å²) >= 11 is 6.01. The number of benzene rings is 1. The summed E-state index contributed by atoms with van der Waals surface area (Å²) in [6, 6.07) is 7.45. The van der Waals surface area contributed by atoms with Crippen molar-refractivity contribution in [1.82, 2.24) is 15.1 Å². The molecule has 1 aromatic rings. The average Bonchev–Trinajstić information content (AvgIpc) is 2.91. The Morgan fingerprint density at radius 1 is 1.17 bits per heavy atom. The van der Waals surface area contributed by atoms with Gasteiger partial charge < -0.3 is 10.2 Å². The zero-order chi connectivity index (χ0) is 16.9. The number of nitrogens with one attached hydrogen (secondary N) is 1. The van der Waals surface area contributed by atoms with Gasteiger partial charge in [-0.15, -0.1) is 0 Å². The van der Waals surface area contributed by atoms with Gasteiger partial charge >= 0.3 is 0 Å². The largest absolute Gasteiger partial charge is 0.351 e. The van der Waals surface area contributed by atoms with Crippen LogP contribution >= 0.6 is 11.6 Å². The SMILES string of the molecule is O=C(NCCC(=O)N1CCCN2CCC[C@H]2C1)c1ccccc1Cl. The lowest BCUT2D eigenvalue weighted by atomic mass is 10.2. The first-order valence-corrected chi connectivity index (χ1v) is 9.07. The molecule has 2 fully saturated rings. The molecule has 24 heavy (non-hydrogen) atoms. The van der Waals surface area contributed by atoms with Crippen molar-refractivity contribution < 1.29 is 9.59 Å². The van der Waals surface area contributed by atoms with Crippen molar-refractivity contribution in [2.45, 2.75) is 31.7 Å². The van der Waals surface area contributed by atoms with Gasteiger partial charge in [-0.05, 0) is 37.9 Å². The molecule has 130 valence electrons. The topological polar surface area (TPSA) is 52.7 Å². The molecule has 1 N–H and O–H groups in total. The Kier molecular flexibility index (Phi) is 5.74. The minimum absolute atomic E-state index is 0.128. The van der Waals surface area contributed by atoms with Crippen LogP contribution in [0.3, 0.4) is 0 Å². The predicted octanol–water partition coefficient (Wildman–Crippen LogP) is 2.16. The second kappa shape index (κ2) is 7.99. The number of amides is 2. The van der Waals surface area contributed by atoms with Crippen LogP contribution in [0.5, 0.6) is 0 Å². The molecule has 0 aromatic heterocycles. The first kappa shape index (κ1) is 17.2. The van der Waals surface area contributed by atoms with Crippen LogP contribution in [0, 0.1) is 0 Å². The van der Waals surface area contributed by atoms with Crippen molar-refractivity contribution in [3.63, 3.8) is 0 Å². The number of carbonyl (C=O) groups excluding carboxylic acids is 2. The maximum absolute atomic E-state index is 12.5. The Hall–Kier alpha value is -1.59. The number of carbonyl (C=O) groups is 2. The molecule has 1 aromatic carbocycles. The molecule has 0 aliphatic carbocycles. The minimum atomic E-state index is -0.230. The second-order valence-electron chi connectivity index (χ2n) is 6.51. The number of hydrogen-bond donors (Lipinski definition) is 1. The van der Waals surface area contributed by atoms with E-state index in [9.17, 15) is 9.59 Å². The van der Waals surface area contributed by atoms with Gasteiger partial charge in [0.1, 0.15) is 0 Å². The van der Waals surface area contributed by atoms with Crippen molar-refractivity contribution >= 4 is 23.4 Å². The molecule has 0 unspecified atom stereocenters. The van der Waals surface area contributed by atoms with Gasteiger partial charge in [-0.2, -0.15) is 0 Å². The molecule has 2 heterocycles. The third-order valence-electron chi connectivity index (χ3n) is 4.90. The van der Waals surface area contributed by atoms with Crippen molar-refractivity contribution in [2.75, 3.05) is 32.7 Å². The van der Waals surface area contributed by atoms with Gasteiger partial charge in [-0.3, -0.25) is 14.5 Å². The van der Waals surface area contributed by atoms with Crippen LogP contribution in [-0.2, 0) is 4.79 Å². The molecule has 0 spiro atoms. The Morgan fingerprint density at radius 2 is 1.96 bits per heavy atom. The van der Waals surface area contributed by atoms with E-state index in [0.29, 0.717) is 29.6 Å². The summed E-state index contributed by atoms with van der Waals surface area (Å²) in [5, 5.41) is 3.22. The standard InChI is InChI=1S/C18H24ClN3O2/c19-16-7-2-1-6-15(16)18(24)20-9-8-17(23)22-12-4-11-21-10-3-5-14(21)13-22/h1-2,6-7,14H,3-5,8-13H2,(H,20,24)/t14-/m0/s1. The third kappa shape index (κ3) is 4.08. The molecule has 2 aliphatic rings. The van der Waals surface area contributed by atoms with Gasteiger partial charge in [0, 0.05) is 38.6 Å². The predicted molar refractivity (Wildman–Crippen MR) is 94.2 cm³/mol. The fourth-order valence-corrected chi connectivity index (χ4v) is 3.84. The fraction of sp³-hybridized carbons (Fsp3) is 0.556. The maximum Gasteiger partial charge on any atom is 0.252 e. The zero-order valence-corrected chi connectivity index (χ0v) is 14.6. The summed E-state index contributed by atoms with van der Waals surface area (Å²) in [5.41, 5.74) is 0.447. The van der Waals surface area contributed by atoms with E-state index in [1.165, 1.54) is 19.4 Å². The smallest absolute Gasteiger partial charge is 0.252 e. The average molecular weight is 350 g/mol. The maximum atomic E-state index is 12.5. The number of rotatable bonds is 4. The van der Waals surface area contributed by atoms with E-state index in [2.05, 4.69) is 10.2 Å². The van der Waals surface area contributed by atoms with Crippen molar-refractivity contribution in [3.8, 4) is 0 Å². The first-order valence-electron chi connectivity index (χ1n) is 8.69. The van der Waals surface area contributed by atoms with Crippen LogP contribution in [0.25, 0.3) is 0 Å². The van der Waals surface area contributed by atoms with Gasteiger partial charge in [-0.1, -0.05) is 23.7 Å². The van der Waals surface area contributed by atoms with Crippen LogP contribution < -0.4 is 5.32 Å². The van der Waals surface area contributed by atoms with E-state index in [1.54, 1.807) is 24.3 Å².